The Balaban J connectivity index is 1.54. The Bertz CT molecular complexity index is 1160. The van der Waals surface area contributed by atoms with Gasteiger partial charge in [-0.15, -0.1) is 0 Å². The minimum absolute atomic E-state index is 0.0113. The number of carbonyl (C=O) groups excluding carboxylic acids is 1. The van der Waals surface area contributed by atoms with Gasteiger partial charge in [-0.05, 0) is 23.3 Å². The number of benzene rings is 3. The van der Waals surface area contributed by atoms with Gasteiger partial charge in [-0.2, -0.15) is 5.10 Å². The Labute approximate surface area is 181 Å². The first-order valence-electron chi connectivity index (χ1n) is 10.5. The predicted octanol–water partition coefficient (Wildman–Crippen LogP) is 4.49. The molecule has 2 heterocycles. The molecule has 1 aliphatic heterocycles. The molecule has 5 nitrogen and oxygen atoms in total. The second-order valence-electron chi connectivity index (χ2n) is 7.81. The van der Waals surface area contributed by atoms with E-state index in [9.17, 15) is 9.90 Å². The van der Waals surface area contributed by atoms with Crippen molar-refractivity contribution in [1.29, 1.82) is 0 Å². The molecule has 0 aliphatic carbocycles. The highest BCUT2D eigenvalue weighted by atomic mass is 16.3. The SMILES string of the molecule is O=C(c1ccccc1O)N1CCc2[nH]nc(C(c3ccccc3)c3ccccc3)c2C1. The number of fused-ring (bicyclic) bond motifs is 1. The molecule has 3 aromatic carbocycles. The second-order valence-corrected chi connectivity index (χ2v) is 7.81. The summed E-state index contributed by atoms with van der Waals surface area (Å²) in [7, 11) is 0. The van der Waals surface area contributed by atoms with Crippen molar-refractivity contribution in [2.24, 2.45) is 0 Å². The van der Waals surface area contributed by atoms with Crippen LogP contribution in [0.5, 0.6) is 5.75 Å². The first-order valence-corrected chi connectivity index (χ1v) is 10.5. The zero-order chi connectivity index (χ0) is 21.2. The molecule has 5 heteroatoms. The van der Waals surface area contributed by atoms with Crippen LogP contribution in [-0.4, -0.2) is 32.7 Å². The number of phenolic OH excluding ortho intramolecular Hbond substituents is 1. The molecule has 0 fully saturated rings. The molecule has 1 aliphatic rings. The minimum atomic E-state index is -0.160. The number of phenols is 1. The number of carbonyl (C=O) groups is 1. The number of aromatic hydroxyl groups is 1. The Morgan fingerprint density at radius 3 is 2.16 bits per heavy atom. The van der Waals surface area contributed by atoms with E-state index in [0.29, 0.717) is 25.1 Å². The summed E-state index contributed by atoms with van der Waals surface area (Å²) >= 11 is 0. The summed E-state index contributed by atoms with van der Waals surface area (Å²) in [5.74, 6) is -0.174. The van der Waals surface area contributed by atoms with E-state index >= 15 is 0 Å². The van der Waals surface area contributed by atoms with Gasteiger partial charge in [0.25, 0.3) is 5.91 Å². The molecule has 0 saturated heterocycles. The molecule has 1 aromatic heterocycles. The Morgan fingerprint density at radius 2 is 1.52 bits per heavy atom. The first-order chi connectivity index (χ1) is 15.2. The van der Waals surface area contributed by atoms with Gasteiger partial charge in [-0.1, -0.05) is 72.8 Å². The summed E-state index contributed by atoms with van der Waals surface area (Å²) in [5.41, 5.74) is 5.74. The number of hydrogen-bond donors (Lipinski definition) is 2. The van der Waals surface area contributed by atoms with Gasteiger partial charge in [-0.3, -0.25) is 9.89 Å². The second kappa shape index (κ2) is 8.11. The van der Waals surface area contributed by atoms with Crippen LogP contribution in [0.15, 0.2) is 84.9 Å². The van der Waals surface area contributed by atoms with Gasteiger partial charge in [0.05, 0.1) is 17.2 Å². The van der Waals surface area contributed by atoms with Crippen LogP contribution in [0.1, 0.15) is 44.4 Å². The molecule has 2 N–H and O–H groups in total. The molecule has 4 aromatic rings. The minimum Gasteiger partial charge on any atom is -0.507 e. The van der Waals surface area contributed by atoms with Gasteiger partial charge >= 0.3 is 0 Å². The van der Waals surface area contributed by atoms with Gasteiger partial charge in [0.1, 0.15) is 5.75 Å². The number of para-hydroxylation sites is 1. The molecule has 0 unspecified atom stereocenters. The van der Waals surface area contributed by atoms with Gasteiger partial charge < -0.3 is 10.0 Å². The molecule has 5 rings (SSSR count). The van der Waals surface area contributed by atoms with Crippen molar-refractivity contribution in [3.05, 3.63) is 119 Å². The molecule has 31 heavy (non-hydrogen) atoms. The first kappa shape index (κ1) is 19.1. The summed E-state index contributed by atoms with van der Waals surface area (Å²) in [6, 6.07) is 27.4. The number of nitrogens with one attached hydrogen (secondary N) is 1. The lowest BCUT2D eigenvalue weighted by atomic mass is 9.85. The van der Waals surface area contributed by atoms with E-state index < -0.39 is 0 Å². The molecule has 0 spiro atoms. The third-order valence-electron chi connectivity index (χ3n) is 5.93. The van der Waals surface area contributed by atoms with Crippen LogP contribution in [-0.2, 0) is 13.0 Å². The van der Waals surface area contributed by atoms with Gasteiger partial charge in [-0.25, -0.2) is 0 Å². The average Bonchev–Trinajstić information content (AvgIpc) is 3.23. The van der Waals surface area contributed by atoms with Crippen molar-refractivity contribution in [3.8, 4) is 5.75 Å². The van der Waals surface area contributed by atoms with Gasteiger partial charge in [0, 0.05) is 30.8 Å². The van der Waals surface area contributed by atoms with Crippen LogP contribution in [0.2, 0.25) is 0 Å². The van der Waals surface area contributed by atoms with Crippen molar-refractivity contribution in [2.45, 2.75) is 18.9 Å². The highest BCUT2D eigenvalue weighted by molar-refractivity contribution is 5.96. The van der Waals surface area contributed by atoms with Gasteiger partial charge in [0.2, 0.25) is 0 Å². The van der Waals surface area contributed by atoms with E-state index in [0.717, 1.165) is 28.1 Å². The maximum atomic E-state index is 13.1. The largest absolute Gasteiger partial charge is 0.507 e. The van der Waals surface area contributed by atoms with Crippen LogP contribution >= 0.6 is 0 Å². The van der Waals surface area contributed by atoms with Gasteiger partial charge in [0.15, 0.2) is 0 Å². The van der Waals surface area contributed by atoms with Crippen LogP contribution in [0.4, 0.5) is 0 Å². The molecular formula is C26H23N3O2. The maximum absolute atomic E-state index is 13.1. The van der Waals surface area contributed by atoms with E-state index in [1.165, 1.54) is 0 Å². The standard InChI is InChI=1S/C26H23N3O2/c30-23-14-8-7-13-20(23)26(31)29-16-15-22-21(17-29)25(28-27-22)24(18-9-3-1-4-10-18)19-11-5-2-6-12-19/h1-14,24,30H,15-17H2,(H,27,28). The lowest BCUT2D eigenvalue weighted by Crippen LogP contribution is -2.36. The molecule has 1 amide bonds. The number of aromatic nitrogens is 2. The molecule has 0 saturated carbocycles. The van der Waals surface area contributed by atoms with E-state index in [1.807, 2.05) is 36.4 Å². The van der Waals surface area contributed by atoms with E-state index in [4.69, 9.17) is 5.10 Å². The number of H-pyrrole nitrogens is 1. The molecular weight excluding hydrogens is 386 g/mol. The lowest BCUT2D eigenvalue weighted by Gasteiger charge is -2.28. The van der Waals surface area contributed by atoms with Crippen LogP contribution < -0.4 is 0 Å². The Hall–Kier alpha value is -3.86. The average molecular weight is 409 g/mol. The molecule has 0 radical (unpaired) electrons. The zero-order valence-corrected chi connectivity index (χ0v) is 17.0. The Kier molecular flexibility index (Phi) is 5.00. The summed E-state index contributed by atoms with van der Waals surface area (Å²) in [6.45, 7) is 1.05. The molecule has 0 atom stereocenters. The topological polar surface area (TPSA) is 69.2 Å². The van der Waals surface area contributed by atoms with Crippen LogP contribution in [0.25, 0.3) is 0 Å². The van der Waals surface area contributed by atoms with Crippen LogP contribution in [0, 0.1) is 0 Å². The summed E-state index contributed by atoms with van der Waals surface area (Å²) < 4.78 is 0. The fourth-order valence-corrected chi connectivity index (χ4v) is 4.35. The summed E-state index contributed by atoms with van der Waals surface area (Å²) in [5, 5.41) is 18.1. The fourth-order valence-electron chi connectivity index (χ4n) is 4.35. The third kappa shape index (κ3) is 3.59. The fraction of sp³-hybridized carbons (Fsp3) is 0.154. The predicted molar refractivity (Wildman–Crippen MR) is 119 cm³/mol. The monoisotopic (exact) mass is 409 g/mol. The quantitative estimate of drug-likeness (QED) is 0.522. The smallest absolute Gasteiger partial charge is 0.257 e. The molecule has 0 bridgehead atoms. The highest BCUT2D eigenvalue weighted by Crippen LogP contribution is 2.35. The van der Waals surface area contributed by atoms with E-state index in [-0.39, 0.29) is 17.6 Å². The highest BCUT2D eigenvalue weighted by Gasteiger charge is 2.30. The summed E-state index contributed by atoms with van der Waals surface area (Å²) in [6.07, 6.45) is 0.706. The summed E-state index contributed by atoms with van der Waals surface area (Å²) in [4.78, 5) is 14.9. The van der Waals surface area contributed by atoms with Crippen LogP contribution in [0.3, 0.4) is 0 Å². The number of nitrogens with zero attached hydrogens (tertiary/aromatic N) is 2. The number of amides is 1. The van der Waals surface area contributed by atoms with E-state index in [2.05, 4.69) is 29.4 Å². The Morgan fingerprint density at radius 1 is 0.903 bits per heavy atom. The van der Waals surface area contributed by atoms with Crippen molar-refractivity contribution in [2.75, 3.05) is 6.54 Å². The van der Waals surface area contributed by atoms with Crippen molar-refractivity contribution in [1.82, 2.24) is 15.1 Å². The normalized spacial score (nSPS) is 13.3. The third-order valence-corrected chi connectivity index (χ3v) is 5.93. The van der Waals surface area contributed by atoms with E-state index in [1.54, 1.807) is 29.2 Å². The molecule has 154 valence electrons. The van der Waals surface area contributed by atoms with Crippen molar-refractivity contribution in [3.63, 3.8) is 0 Å². The number of hydrogen-bond acceptors (Lipinski definition) is 3. The van der Waals surface area contributed by atoms with Crippen molar-refractivity contribution < 1.29 is 9.90 Å². The maximum Gasteiger partial charge on any atom is 0.257 e. The lowest BCUT2D eigenvalue weighted by molar-refractivity contribution is 0.0731. The number of aromatic amines is 1. The number of rotatable bonds is 4. The van der Waals surface area contributed by atoms with Crippen molar-refractivity contribution >= 4 is 5.91 Å². The zero-order valence-electron chi connectivity index (χ0n) is 17.0.